The number of aryl methyl sites for hydroxylation is 2. The second-order valence-electron chi connectivity index (χ2n) is 11.5. The molecule has 0 saturated carbocycles. The van der Waals surface area contributed by atoms with E-state index in [4.69, 9.17) is 9.72 Å². The molecule has 1 aromatic carbocycles. The summed E-state index contributed by atoms with van der Waals surface area (Å²) in [4.78, 5) is 23.1. The van der Waals surface area contributed by atoms with Crippen LogP contribution in [0, 0.1) is 12.8 Å². The molecule has 0 saturated heterocycles. The van der Waals surface area contributed by atoms with E-state index in [-0.39, 0.29) is 23.1 Å². The Balaban J connectivity index is 1.63. The minimum Gasteiger partial charge on any atom is -0.477 e. The number of hydrogen-bond acceptors (Lipinski definition) is 6. The number of ether oxygens (including phenoxy) is 1. The number of fused-ring (bicyclic) bond motifs is 7. The van der Waals surface area contributed by atoms with Gasteiger partial charge in [0, 0.05) is 41.5 Å². The maximum absolute atomic E-state index is 14.2. The molecule has 5 rings (SSSR count). The van der Waals surface area contributed by atoms with Crippen molar-refractivity contribution in [2.45, 2.75) is 72.2 Å². The van der Waals surface area contributed by atoms with Crippen molar-refractivity contribution in [1.29, 1.82) is 0 Å². The van der Waals surface area contributed by atoms with Crippen LogP contribution in [0.2, 0.25) is 0 Å². The number of rotatable bonds is 3. The summed E-state index contributed by atoms with van der Waals surface area (Å²) in [5.74, 6) is 1.13. The number of benzene rings is 1. The summed E-state index contributed by atoms with van der Waals surface area (Å²) in [6.07, 6.45) is 3.50. The molecule has 1 unspecified atom stereocenters. The van der Waals surface area contributed by atoms with Gasteiger partial charge in [-0.2, -0.15) is 5.10 Å². The zero-order valence-corrected chi connectivity index (χ0v) is 25.3. The van der Waals surface area contributed by atoms with E-state index in [9.17, 15) is 9.36 Å². The number of pyridine rings is 1. The molecule has 9 nitrogen and oxygen atoms in total. The maximum Gasteiger partial charge on any atom is 0.258 e. The van der Waals surface area contributed by atoms with Crippen molar-refractivity contribution in [2.75, 3.05) is 11.9 Å². The Morgan fingerprint density at radius 1 is 1.10 bits per heavy atom. The van der Waals surface area contributed by atoms with Gasteiger partial charge >= 0.3 is 0 Å². The second kappa shape index (κ2) is 10.8. The van der Waals surface area contributed by atoms with Gasteiger partial charge in [0.1, 0.15) is 7.14 Å². The Morgan fingerprint density at radius 2 is 1.85 bits per heavy atom. The first-order valence-corrected chi connectivity index (χ1v) is 15.9. The number of nitrogens with one attached hydrogen (secondary N) is 1. The lowest BCUT2D eigenvalue weighted by Crippen LogP contribution is -2.20. The van der Waals surface area contributed by atoms with Crippen LogP contribution in [-0.4, -0.2) is 48.1 Å². The van der Waals surface area contributed by atoms with E-state index in [0.29, 0.717) is 41.9 Å². The van der Waals surface area contributed by atoms with Crippen molar-refractivity contribution in [3.8, 4) is 17.1 Å². The van der Waals surface area contributed by atoms with E-state index < -0.39 is 7.14 Å². The van der Waals surface area contributed by atoms with Crippen molar-refractivity contribution in [2.24, 2.45) is 13.0 Å². The predicted octanol–water partition coefficient (Wildman–Crippen LogP) is 6.01. The molecular formula is C30H39N6O3P. The standard InChI is InChI=1S/C30H39N6O3P/c1-18(2)40(38,19(3)4)23-10-11-25-27(15-23)36-17-20(5)9-8-12-39-29-24(16-31-35(29)7)26-14-22(13-21(6)32-26)28(37)34-30(36)33-25/h10-11,13-16,18-20H,8-9,12,17H2,1-7H3,(H,33,34,37). The first-order valence-electron chi connectivity index (χ1n) is 14.0. The molecule has 212 valence electrons. The number of nitrogens with zero attached hydrogens (tertiary/aromatic N) is 5. The number of carbonyl (C=O) groups excluding carboxylic acids is 1. The third kappa shape index (κ3) is 5.07. The van der Waals surface area contributed by atoms with Gasteiger partial charge in [0.15, 0.2) is 0 Å². The van der Waals surface area contributed by atoms with E-state index in [2.05, 4.69) is 26.9 Å². The van der Waals surface area contributed by atoms with Crippen LogP contribution in [0.25, 0.3) is 22.3 Å². The van der Waals surface area contributed by atoms with Gasteiger partial charge in [0.05, 0.1) is 35.1 Å². The number of imidazole rings is 1. The van der Waals surface area contributed by atoms with Crippen molar-refractivity contribution < 1.29 is 14.1 Å². The lowest BCUT2D eigenvalue weighted by atomic mass is 10.1. The average Bonchev–Trinajstić information content (AvgIpc) is 3.44. The highest BCUT2D eigenvalue weighted by Crippen LogP contribution is 2.54. The molecule has 4 heterocycles. The highest BCUT2D eigenvalue weighted by molar-refractivity contribution is 7.72. The number of aromatic nitrogens is 5. The fourth-order valence-electron chi connectivity index (χ4n) is 5.69. The van der Waals surface area contributed by atoms with Crippen molar-refractivity contribution in [1.82, 2.24) is 24.3 Å². The van der Waals surface area contributed by atoms with Crippen LogP contribution < -0.4 is 15.4 Å². The second-order valence-corrected chi connectivity index (χ2v) is 15.5. The molecule has 1 aliphatic rings. The molecule has 1 N–H and O–H groups in total. The third-order valence-electron chi connectivity index (χ3n) is 7.85. The van der Waals surface area contributed by atoms with Crippen LogP contribution in [0.3, 0.4) is 0 Å². The molecule has 2 bridgehead atoms. The molecule has 4 aromatic rings. The van der Waals surface area contributed by atoms with E-state index in [1.165, 1.54) is 0 Å². The van der Waals surface area contributed by atoms with Crippen LogP contribution >= 0.6 is 7.14 Å². The van der Waals surface area contributed by atoms with Gasteiger partial charge in [-0.3, -0.25) is 15.1 Å². The summed E-state index contributed by atoms with van der Waals surface area (Å²) >= 11 is 0. The van der Waals surface area contributed by atoms with Crippen LogP contribution in [0.15, 0.2) is 36.5 Å². The fourth-order valence-corrected chi connectivity index (χ4v) is 8.71. The fraction of sp³-hybridized carbons (Fsp3) is 0.467. The minimum atomic E-state index is -2.65. The van der Waals surface area contributed by atoms with Gasteiger partial charge in [-0.1, -0.05) is 34.6 Å². The minimum absolute atomic E-state index is 0.0253. The maximum atomic E-state index is 14.2. The lowest BCUT2D eigenvalue weighted by molar-refractivity contribution is 0.102. The molecule has 10 heteroatoms. The smallest absolute Gasteiger partial charge is 0.258 e. The van der Waals surface area contributed by atoms with Gasteiger partial charge in [-0.15, -0.1) is 0 Å². The van der Waals surface area contributed by atoms with Crippen LogP contribution in [0.5, 0.6) is 5.88 Å². The zero-order chi connectivity index (χ0) is 28.8. The van der Waals surface area contributed by atoms with E-state index >= 15 is 0 Å². The Morgan fingerprint density at radius 3 is 2.58 bits per heavy atom. The first kappa shape index (κ1) is 28.1. The molecule has 0 spiro atoms. The number of anilines is 1. The Bertz CT molecular complexity index is 1610. The molecule has 40 heavy (non-hydrogen) atoms. The average molecular weight is 563 g/mol. The van der Waals surface area contributed by atoms with Crippen LogP contribution in [-0.2, 0) is 18.2 Å². The molecule has 3 aromatic heterocycles. The van der Waals surface area contributed by atoms with Gasteiger partial charge in [-0.05, 0) is 56.0 Å². The summed E-state index contributed by atoms with van der Waals surface area (Å²) in [6.45, 7) is 13.4. The van der Waals surface area contributed by atoms with Crippen molar-refractivity contribution in [3.63, 3.8) is 0 Å². The van der Waals surface area contributed by atoms with Gasteiger partial charge in [-0.25, -0.2) is 9.67 Å². The predicted molar refractivity (Wildman–Crippen MR) is 160 cm³/mol. The molecule has 1 aliphatic heterocycles. The van der Waals surface area contributed by atoms with Gasteiger partial charge < -0.3 is 13.9 Å². The van der Waals surface area contributed by atoms with E-state index in [1.54, 1.807) is 23.0 Å². The van der Waals surface area contributed by atoms with Crippen LogP contribution in [0.4, 0.5) is 5.95 Å². The van der Waals surface area contributed by atoms with Crippen molar-refractivity contribution in [3.05, 3.63) is 47.8 Å². The summed E-state index contributed by atoms with van der Waals surface area (Å²) in [5, 5.41) is 8.31. The van der Waals surface area contributed by atoms with Crippen molar-refractivity contribution >= 4 is 35.3 Å². The molecule has 1 atom stereocenters. The van der Waals surface area contributed by atoms with Gasteiger partial charge in [0.2, 0.25) is 11.8 Å². The zero-order valence-electron chi connectivity index (χ0n) is 24.4. The first-order chi connectivity index (χ1) is 19.0. The quantitative estimate of drug-likeness (QED) is 0.307. The largest absolute Gasteiger partial charge is 0.477 e. The summed E-state index contributed by atoms with van der Waals surface area (Å²) < 4.78 is 24.1. The number of hydrogen-bond donors (Lipinski definition) is 1. The van der Waals surface area contributed by atoms with Crippen LogP contribution in [0.1, 0.15) is 63.5 Å². The molecule has 0 aliphatic carbocycles. The van der Waals surface area contributed by atoms with E-state index in [1.807, 2.05) is 59.9 Å². The molecular weight excluding hydrogens is 523 g/mol. The Kier molecular flexibility index (Phi) is 7.62. The summed E-state index contributed by atoms with van der Waals surface area (Å²) in [7, 11) is -0.810. The SMILES string of the molecule is Cc1cc2cc(n1)-c1cnn(C)c1OCCCC(C)Cn1c(nc3ccc(P(=O)(C(C)C)C(C)C)cc31)NC2=O. The normalized spacial score (nSPS) is 16.7. The summed E-state index contributed by atoms with van der Waals surface area (Å²) in [5.41, 5.74) is 4.27. The van der Waals surface area contributed by atoms with Gasteiger partial charge in [0.25, 0.3) is 5.91 Å². The summed E-state index contributed by atoms with van der Waals surface area (Å²) in [6, 6.07) is 9.44. The number of carbonyl (C=O) groups is 1. The highest BCUT2D eigenvalue weighted by atomic mass is 31.2. The Hall–Kier alpha value is -3.45. The monoisotopic (exact) mass is 562 g/mol. The Labute approximate surface area is 235 Å². The van der Waals surface area contributed by atoms with E-state index in [0.717, 1.165) is 34.7 Å². The topological polar surface area (TPSA) is 104 Å². The third-order valence-corrected chi connectivity index (χ3v) is 12.0. The molecule has 0 radical (unpaired) electrons. The molecule has 1 amide bonds. The number of amides is 1. The highest BCUT2D eigenvalue weighted by Gasteiger charge is 2.33. The molecule has 0 fully saturated rings. The lowest BCUT2D eigenvalue weighted by Gasteiger charge is -2.26.